The number of carbonyl (C=O) groups is 2. The van der Waals surface area contributed by atoms with Crippen LogP contribution in [0.1, 0.15) is 27.6 Å². The Balaban J connectivity index is 1.74. The molecule has 2 amide bonds. The highest BCUT2D eigenvalue weighted by atomic mass is 19.1. The zero-order chi connectivity index (χ0) is 21.5. The van der Waals surface area contributed by atoms with E-state index in [0.29, 0.717) is 40.6 Å². The van der Waals surface area contributed by atoms with Gasteiger partial charge in [0.2, 0.25) is 0 Å². The summed E-state index contributed by atoms with van der Waals surface area (Å²) in [6.45, 7) is 2.27. The summed E-state index contributed by atoms with van der Waals surface area (Å²) in [7, 11) is 1.53. The summed E-state index contributed by atoms with van der Waals surface area (Å²) in [5, 5.41) is 5.38. The molecule has 3 aromatic rings. The van der Waals surface area contributed by atoms with E-state index >= 15 is 0 Å². The van der Waals surface area contributed by atoms with Gasteiger partial charge in [0.25, 0.3) is 11.8 Å². The lowest BCUT2D eigenvalue weighted by Crippen LogP contribution is -2.15. The fourth-order valence-corrected chi connectivity index (χ4v) is 2.80. The molecule has 6 nitrogen and oxygen atoms in total. The quantitative estimate of drug-likeness (QED) is 0.592. The van der Waals surface area contributed by atoms with Gasteiger partial charge in [-0.15, -0.1) is 0 Å². The fraction of sp³-hybridized carbons (Fsp3) is 0.130. The average Bonchev–Trinajstić information content (AvgIpc) is 2.74. The Labute approximate surface area is 173 Å². The van der Waals surface area contributed by atoms with E-state index in [2.05, 4.69) is 10.6 Å². The Morgan fingerprint density at radius 1 is 0.833 bits per heavy atom. The van der Waals surface area contributed by atoms with Crippen LogP contribution in [0.15, 0.2) is 66.7 Å². The van der Waals surface area contributed by atoms with Crippen LogP contribution in [-0.4, -0.2) is 25.5 Å². The van der Waals surface area contributed by atoms with Crippen molar-refractivity contribution in [3.05, 3.63) is 83.7 Å². The van der Waals surface area contributed by atoms with Gasteiger partial charge >= 0.3 is 0 Å². The predicted molar refractivity (Wildman–Crippen MR) is 113 cm³/mol. The first-order chi connectivity index (χ1) is 14.5. The van der Waals surface area contributed by atoms with Crippen LogP contribution in [0.2, 0.25) is 0 Å². The number of methoxy groups -OCH3 is 1. The van der Waals surface area contributed by atoms with E-state index in [1.807, 2.05) is 6.92 Å². The molecule has 154 valence electrons. The van der Waals surface area contributed by atoms with Crippen molar-refractivity contribution in [2.75, 3.05) is 24.4 Å². The van der Waals surface area contributed by atoms with E-state index in [9.17, 15) is 14.0 Å². The summed E-state index contributed by atoms with van der Waals surface area (Å²) >= 11 is 0. The second-order valence-electron chi connectivity index (χ2n) is 6.30. The number of ether oxygens (including phenoxy) is 2. The molecular weight excluding hydrogens is 387 g/mol. The zero-order valence-electron chi connectivity index (χ0n) is 16.6. The molecule has 0 aromatic heterocycles. The maximum Gasteiger partial charge on any atom is 0.255 e. The van der Waals surface area contributed by atoms with Gasteiger partial charge < -0.3 is 20.1 Å². The van der Waals surface area contributed by atoms with Crippen molar-refractivity contribution in [2.45, 2.75) is 6.92 Å². The molecule has 2 N–H and O–H groups in total. The minimum absolute atomic E-state index is 0.321. The predicted octanol–water partition coefficient (Wildman–Crippen LogP) is 4.74. The van der Waals surface area contributed by atoms with E-state index in [0.717, 1.165) is 0 Å². The summed E-state index contributed by atoms with van der Waals surface area (Å²) < 4.78 is 24.0. The van der Waals surface area contributed by atoms with Gasteiger partial charge in [-0.25, -0.2) is 4.39 Å². The highest BCUT2D eigenvalue weighted by molar-refractivity contribution is 6.07. The SMILES string of the molecule is CCOc1cc(C(=O)Nc2cccc(C(=O)Nc3cccc(F)c3)c2)ccc1OC. The second kappa shape index (κ2) is 9.56. The molecule has 0 saturated carbocycles. The highest BCUT2D eigenvalue weighted by Gasteiger charge is 2.13. The molecule has 3 aromatic carbocycles. The third-order valence-corrected chi connectivity index (χ3v) is 4.19. The van der Waals surface area contributed by atoms with Crippen LogP contribution in [0.5, 0.6) is 11.5 Å². The molecular formula is C23H21FN2O4. The number of benzene rings is 3. The number of hydrogen-bond acceptors (Lipinski definition) is 4. The van der Waals surface area contributed by atoms with E-state index in [-0.39, 0.29) is 5.91 Å². The van der Waals surface area contributed by atoms with Crippen LogP contribution in [0.4, 0.5) is 15.8 Å². The number of hydrogen-bond donors (Lipinski definition) is 2. The first kappa shape index (κ1) is 20.9. The van der Waals surface area contributed by atoms with Crippen molar-refractivity contribution < 1.29 is 23.5 Å². The normalized spacial score (nSPS) is 10.2. The maximum absolute atomic E-state index is 13.3. The topological polar surface area (TPSA) is 76.7 Å². The van der Waals surface area contributed by atoms with Crippen molar-refractivity contribution in [3.63, 3.8) is 0 Å². The van der Waals surface area contributed by atoms with Crippen molar-refractivity contribution in [3.8, 4) is 11.5 Å². The van der Waals surface area contributed by atoms with Gasteiger partial charge in [0, 0.05) is 22.5 Å². The minimum atomic E-state index is -0.445. The first-order valence-corrected chi connectivity index (χ1v) is 9.29. The highest BCUT2D eigenvalue weighted by Crippen LogP contribution is 2.28. The molecule has 0 aliphatic heterocycles. The summed E-state index contributed by atoms with van der Waals surface area (Å²) in [6.07, 6.45) is 0. The van der Waals surface area contributed by atoms with Crippen molar-refractivity contribution in [2.24, 2.45) is 0 Å². The van der Waals surface area contributed by atoms with Gasteiger partial charge in [0.05, 0.1) is 13.7 Å². The van der Waals surface area contributed by atoms with Crippen LogP contribution < -0.4 is 20.1 Å². The summed E-state index contributed by atoms with van der Waals surface area (Å²) in [5.41, 5.74) is 1.49. The number of rotatable bonds is 7. The summed E-state index contributed by atoms with van der Waals surface area (Å²) in [5.74, 6) is -0.221. The Morgan fingerprint density at radius 2 is 1.47 bits per heavy atom. The van der Waals surface area contributed by atoms with Crippen LogP contribution in [-0.2, 0) is 0 Å². The molecule has 0 atom stereocenters. The standard InChI is InChI=1S/C23H21FN2O4/c1-3-30-21-13-16(10-11-20(21)29-2)23(28)25-18-8-4-6-15(12-18)22(27)26-19-9-5-7-17(24)14-19/h4-14H,3H2,1-2H3,(H,25,28)(H,26,27). The molecule has 0 saturated heterocycles. The van der Waals surface area contributed by atoms with Gasteiger partial charge in [-0.1, -0.05) is 12.1 Å². The van der Waals surface area contributed by atoms with Crippen molar-refractivity contribution in [1.29, 1.82) is 0 Å². The number of anilines is 2. The second-order valence-corrected chi connectivity index (χ2v) is 6.30. The number of carbonyl (C=O) groups excluding carboxylic acids is 2. The summed E-state index contributed by atoms with van der Waals surface area (Å²) in [4.78, 5) is 25.1. The lowest BCUT2D eigenvalue weighted by Gasteiger charge is -2.12. The van der Waals surface area contributed by atoms with Gasteiger partial charge in [0.15, 0.2) is 11.5 Å². The number of amides is 2. The molecule has 0 fully saturated rings. The van der Waals surface area contributed by atoms with Crippen LogP contribution in [0.25, 0.3) is 0 Å². The maximum atomic E-state index is 13.3. The third kappa shape index (κ3) is 5.14. The van der Waals surface area contributed by atoms with Crippen LogP contribution >= 0.6 is 0 Å². The number of nitrogens with one attached hydrogen (secondary N) is 2. The lowest BCUT2D eigenvalue weighted by molar-refractivity contribution is 0.101. The van der Waals surface area contributed by atoms with Crippen LogP contribution in [0.3, 0.4) is 0 Å². The molecule has 0 heterocycles. The Morgan fingerprint density at radius 3 is 2.10 bits per heavy atom. The Bertz CT molecular complexity index is 1070. The molecule has 30 heavy (non-hydrogen) atoms. The van der Waals surface area contributed by atoms with Gasteiger partial charge in [-0.2, -0.15) is 0 Å². The van der Waals surface area contributed by atoms with Gasteiger partial charge in [0.1, 0.15) is 5.82 Å². The molecule has 0 aliphatic rings. The largest absolute Gasteiger partial charge is 0.493 e. The minimum Gasteiger partial charge on any atom is -0.493 e. The fourth-order valence-electron chi connectivity index (χ4n) is 2.80. The van der Waals surface area contributed by atoms with E-state index in [4.69, 9.17) is 9.47 Å². The Hall–Kier alpha value is -3.87. The molecule has 0 radical (unpaired) electrons. The van der Waals surface area contributed by atoms with E-state index in [1.165, 1.54) is 25.3 Å². The van der Waals surface area contributed by atoms with E-state index in [1.54, 1.807) is 48.5 Å². The molecule has 0 aliphatic carbocycles. The van der Waals surface area contributed by atoms with E-state index < -0.39 is 11.7 Å². The molecule has 0 bridgehead atoms. The zero-order valence-corrected chi connectivity index (χ0v) is 16.6. The van der Waals surface area contributed by atoms with Crippen LogP contribution in [0, 0.1) is 5.82 Å². The molecule has 0 unspecified atom stereocenters. The van der Waals surface area contributed by atoms with Gasteiger partial charge in [-0.05, 0) is 61.5 Å². The van der Waals surface area contributed by atoms with Gasteiger partial charge in [-0.3, -0.25) is 9.59 Å². The monoisotopic (exact) mass is 408 g/mol. The summed E-state index contributed by atoms with van der Waals surface area (Å²) in [6, 6.07) is 17.0. The first-order valence-electron chi connectivity index (χ1n) is 9.29. The molecule has 0 spiro atoms. The van der Waals surface area contributed by atoms with Crippen molar-refractivity contribution >= 4 is 23.2 Å². The number of halogens is 1. The lowest BCUT2D eigenvalue weighted by atomic mass is 10.1. The van der Waals surface area contributed by atoms with Crippen molar-refractivity contribution in [1.82, 2.24) is 0 Å². The molecule has 3 rings (SSSR count). The third-order valence-electron chi connectivity index (χ3n) is 4.19. The smallest absolute Gasteiger partial charge is 0.255 e. The molecule has 7 heteroatoms. The Kier molecular flexibility index (Phi) is 6.64. The average molecular weight is 408 g/mol.